The average Bonchev–Trinajstić information content (AvgIpc) is 2.47. The maximum absolute atomic E-state index is 2.50. The molecule has 0 saturated carbocycles. The van der Waals surface area contributed by atoms with Crippen LogP contribution in [0.3, 0.4) is 0 Å². The van der Waals surface area contributed by atoms with Crippen molar-refractivity contribution in [1.29, 1.82) is 0 Å². The molecule has 2 aromatic carbocycles. The average molecular weight is 255 g/mol. The number of rotatable bonds is 7. The lowest BCUT2D eigenvalue weighted by Gasteiger charge is -2.17. The quantitative estimate of drug-likeness (QED) is 0.658. The molecule has 0 N–H and O–H groups in total. The summed E-state index contributed by atoms with van der Waals surface area (Å²) in [6.45, 7) is 8.07. The van der Waals surface area contributed by atoms with Crippen LogP contribution in [0.25, 0.3) is 10.8 Å². The van der Waals surface area contributed by atoms with E-state index in [1.807, 2.05) is 0 Å². The second kappa shape index (κ2) is 7.30. The normalized spacial score (nSPS) is 11.3. The number of unbranched alkanes of at least 4 members (excludes halogenated alkanes) is 1. The Morgan fingerprint density at radius 3 is 2.32 bits per heavy atom. The monoisotopic (exact) mass is 255 g/mol. The predicted molar refractivity (Wildman–Crippen MR) is 84.7 cm³/mol. The van der Waals surface area contributed by atoms with Gasteiger partial charge in [-0.05, 0) is 55.2 Å². The van der Waals surface area contributed by atoms with Crippen LogP contribution in [0, 0.1) is 0 Å². The minimum absolute atomic E-state index is 1.17. The molecule has 0 heterocycles. The maximum atomic E-state index is 2.50. The topological polar surface area (TPSA) is 3.24 Å². The summed E-state index contributed by atoms with van der Waals surface area (Å²) in [5.41, 5.74) is 1.47. The maximum Gasteiger partial charge on any atom is -0.00189 e. The van der Waals surface area contributed by atoms with E-state index in [1.54, 1.807) is 0 Å². The zero-order valence-corrected chi connectivity index (χ0v) is 12.2. The fourth-order valence-electron chi connectivity index (χ4n) is 2.60. The molecule has 0 aliphatic heterocycles. The van der Waals surface area contributed by atoms with E-state index >= 15 is 0 Å². The Balaban J connectivity index is 1.84. The highest BCUT2D eigenvalue weighted by Gasteiger charge is 2.00. The number of fused-ring (bicyclic) bond motifs is 1. The van der Waals surface area contributed by atoms with Gasteiger partial charge >= 0.3 is 0 Å². The van der Waals surface area contributed by atoms with Crippen molar-refractivity contribution in [3.63, 3.8) is 0 Å². The summed E-state index contributed by atoms with van der Waals surface area (Å²) >= 11 is 0. The molecule has 1 nitrogen and oxygen atoms in total. The first-order chi connectivity index (χ1) is 9.33. The predicted octanol–water partition coefficient (Wildman–Crippen LogP) is 4.50. The van der Waals surface area contributed by atoms with Gasteiger partial charge in [0.25, 0.3) is 0 Å². The van der Waals surface area contributed by atoms with Gasteiger partial charge < -0.3 is 4.90 Å². The Labute approximate surface area is 117 Å². The minimum atomic E-state index is 1.17. The van der Waals surface area contributed by atoms with E-state index in [0.29, 0.717) is 0 Å². The van der Waals surface area contributed by atoms with Crippen molar-refractivity contribution in [1.82, 2.24) is 4.90 Å². The summed E-state index contributed by atoms with van der Waals surface area (Å²) in [5.74, 6) is 0. The summed E-state index contributed by atoms with van der Waals surface area (Å²) in [4.78, 5) is 2.50. The van der Waals surface area contributed by atoms with Crippen LogP contribution in [-0.2, 0) is 6.42 Å². The third kappa shape index (κ3) is 4.07. The van der Waals surface area contributed by atoms with Gasteiger partial charge in [-0.2, -0.15) is 0 Å². The fourth-order valence-corrected chi connectivity index (χ4v) is 2.60. The number of benzene rings is 2. The largest absolute Gasteiger partial charge is 0.304 e. The summed E-state index contributed by atoms with van der Waals surface area (Å²) < 4.78 is 0. The third-order valence-electron chi connectivity index (χ3n) is 3.90. The number of hydrogen-bond donors (Lipinski definition) is 0. The van der Waals surface area contributed by atoms with Crippen LogP contribution in [-0.4, -0.2) is 24.5 Å². The highest BCUT2D eigenvalue weighted by atomic mass is 15.1. The zero-order valence-electron chi connectivity index (χ0n) is 12.2. The third-order valence-corrected chi connectivity index (χ3v) is 3.90. The standard InChI is InChI=1S/C18H25N/c1-3-19(4-2)14-8-7-9-16-12-13-17-10-5-6-11-18(17)15-16/h5-6,10-13,15H,3-4,7-9,14H2,1-2H3. The number of aryl methyl sites for hydroxylation is 1. The molecule has 2 aromatic rings. The summed E-state index contributed by atoms with van der Waals surface area (Å²) in [6.07, 6.45) is 3.79. The molecule has 0 amide bonds. The Bertz CT molecular complexity index is 500. The smallest absolute Gasteiger partial charge is 0.00189 e. The molecular weight excluding hydrogens is 230 g/mol. The van der Waals surface area contributed by atoms with Gasteiger partial charge in [0.1, 0.15) is 0 Å². The van der Waals surface area contributed by atoms with E-state index in [1.165, 1.54) is 55.2 Å². The van der Waals surface area contributed by atoms with Gasteiger partial charge in [-0.15, -0.1) is 0 Å². The molecule has 2 rings (SSSR count). The second-order valence-electron chi connectivity index (χ2n) is 5.17. The number of hydrogen-bond acceptors (Lipinski definition) is 1. The van der Waals surface area contributed by atoms with E-state index in [-0.39, 0.29) is 0 Å². The molecule has 19 heavy (non-hydrogen) atoms. The zero-order chi connectivity index (χ0) is 13.5. The van der Waals surface area contributed by atoms with E-state index in [9.17, 15) is 0 Å². The lowest BCUT2D eigenvalue weighted by molar-refractivity contribution is 0.297. The first kappa shape index (κ1) is 14.1. The van der Waals surface area contributed by atoms with E-state index < -0.39 is 0 Å². The van der Waals surface area contributed by atoms with Crippen molar-refractivity contribution in [2.75, 3.05) is 19.6 Å². The highest BCUT2D eigenvalue weighted by molar-refractivity contribution is 5.82. The van der Waals surface area contributed by atoms with Gasteiger partial charge in [-0.25, -0.2) is 0 Å². The van der Waals surface area contributed by atoms with Crippen LogP contribution >= 0.6 is 0 Å². The first-order valence-corrected chi connectivity index (χ1v) is 7.53. The molecule has 1 heteroatoms. The molecule has 0 radical (unpaired) electrons. The van der Waals surface area contributed by atoms with Gasteiger partial charge in [0, 0.05) is 0 Å². The molecular formula is C18H25N. The molecule has 0 aliphatic carbocycles. The molecule has 0 aliphatic rings. The second-order valence-corrected chi connectivity index (χ2v) is 5.17. The minimum Gasteiger partial charge on any atom is -0.304 e. The van der Waals surface area contributed by atoms with Crippen molar-refractivity contribution >= 4 is 10.8 Å². The highest BCUT2D eigenvalue weighted by Crippen LogP contribution is 2.17. The summed E-state index contributed by atoms with van der Waals surface area (Å²) in [6, 6.07) is 15.5. The van der Waals surface area contributed by atoms with Crippen molar-refractivity contribution in [2.24, 2.45) is 0 Å². The van der Waals surface area contributed by atoms with E-state index in [2.05, 4.69) is 61.2 Å². The van der Waals surface area contributed by atoms with E-state index in [4.69, 9.17) is 0 Å². The molecule has 0 saturated heterocycles. The van der Waals surface area contributed by atoms with Crippen molar-refractivity contribution in [3.8, 4) is 0 Å². The lowest BCUT2D eigenvalue weighted by atomic mass is 10.0. The molecule has 0 atom stereocenters. The van der Waals surface area contributed by atoms with Gasteiger partial charge in [0.2, 0.25) is 0 Å². The Hall–Kier alpha value is -1.34. The molecule has 0 fully saturated rings. The lowest BCUT2D eigenvalue weighted by Crippen LogP contribution is -2.23. The first-order valence-electron chi connectivity index (χ1n) is 7.53. The van der Waals surface area contributed by atoms with Crippen LogP contribution < -0.4 is 0 Å². The van der Waals surface area contributed by atoms with Crippen LogP contribution in [0.4, 0.5) is 0 Å². The van der Waals surface area contributed by atoms with Crippen LogP contribution in [0.1, 0.15) is 32.3 Å². The van der Waals surface area contributed by atoms with Crippen molar-refractivity contribution < 1.29 is 0 Å². The van der Waals surface area contributed by atoms with Gasteiger partial charge in [-0.3, -0.25) is 0 Å². The fraction of sp³-hybridized carbons (Fsp3) is 0.444. The van der Waals surface area contributed by atoms with Crippen molar-refractivity contribution in [3.05, 3.63) is 48.0 Å². The SMILES string of the molecule is CCN(CC)CCCCc1ccc2ccccc2c1. The molecule has 102 valence electrons. The summed E-state index contributed by atoms with van der Waals surface area (Å²) in [7, 11) is 0. The molecule has 0 aromatic heterocycles. The van der Waals surface area contributed by atoms with Gasteiger partial charge in [0.05, 0.1) is 0 Å². The molecule has 0 spiro atoms. The molecule has 0 unspecified atom stereocenters. The summed E-state index contributed by atoms with van der Waals surface area (Å²) in [5, 5.41) is 2.71. The van der Waals surface area contributed by atoms with Crippen LogP contribution in [0.2, 0.25) is 0 Å². The molecule has 0 bridgehead atoms. The Kier molecular flexibility index (Phi) is 5.41. The Morgan fingerprint density at radius 2 is 1.58 bits per heavy atom. The van der Waals surface area contributed by atoms with Gasteiger partial charge in [-0.1, -0.05) is 56.3 Å². The van der Waals surface area contributed by atoms with Gasteiger partial charge in [0.15, 0.2) is 0 Å². The Morgan fingerprint density at radius 1 is 0.842 bits per heavy atom. The number of nitrogens with zero attached hydrogens (tertiary/aromatic N) is 1. The van der Waals surface area contributed by atoms with Crippen molar-refractivity contribution in [2.45, 2.75) is 33.1 Å². The van der Waals surface area contributed by atoms with Crippen LogP contribution in [0.5, 0.6) is 0 Å². The van der Waals surface area contributed by atoms with E-state index in [0.717, 1.165) is 0 Å². The van der Waals surface area contributed by atoms with Crippen LogP contribution in [0.15, 0.2) is 42.5 Å².